The van der Waals surface area contributed by atoms with Crippen LogP contribution in [0.4, 0.5) is 0 Å². The van der Waals surface area contributed by atoms with Crippen molar-refractivity contribution in [3.8, 4) is 0 Å². The predicted molar refractivity (Wildman–Crippen MR) is 79.7 cm³/mol. The molecule has 2 aromatic rings. The zero-order valence-corrected chi connectivity index (χ0v) is 12.9. The van der Waals surface area contributed by atoms with Gasteiger partial charge >= 0.3 is 5.97 Å². The van der Waals surface area contributed by atoms with Crippen LogP contribution in [-0.2, 0) is 4.74 Å². The van der Waals surface area contributed by atoms with Gasteiger partial charge in [0.1, 0.15) is 5.76 Å². The first-order valence-electron chi connectivity index (χ1n) is 6.32. The van der Waals surface area contributed by atoms with Crippen LogP contribution in [-0.4, -0.2) is 19.6 Å². The number of esters is 1. The second kappa shape index (κ2) is 6.72. The number of carbonyl (C=O) groups excluding carboxylic acids is 1. The summed E-state index contributed by atoms with van der Waals surface area (Å²) in [5.74, 6) is 0.423. The van der Waals surface area contributed by atoms with Gasteiger partial charge in [0.2, 0.25) is 5.76 Å². The molecule has 1 aromatic heterocycles. The van der Waals surface area contributed by atoms with Crippen molar-refractivity contribution in [1.82, 2.24) is 5.32 Å². The molecule has 0 saturated carbocycles. The second-order valence-electron chi connectivity index (χ2n) is 4.24. The minimum atomic E-state index is -0.472. The average molecular weight is 338 g/mol. The molecule has 0 spiro atoms. The van der Waals surface area contributed by atoms with Crippen molar-refractivity contribution < 1.29 is 13.9 Å². The SMILES string of the molecule is CCNC(c1cccc(Br)c1)c1ccc(C(=O)OC)o1. The molecule has 0 aliphatic rings. The van der Waals surface area contributed by atoms with Crippen molar-refractivity contribution in [2.75, 3.05) is 13.7 Å². The van der Waals surface area contributed by atoms with Crippen LogP contribution in [0.5, 0.6) is 0 Å². The van der Waals surface area contributed by atoms with Crippen molar-refractivity contribution >= 4 is 21.9 Å². The lowest BCUT2D eigenvalue weighted by atomic mass is 10.0. The second-order valence-corrected chi connectivity index (χ2v) is 5.15. The van der Waals surface area contributed by atoms with E-state index in [-0.39, 0.29) is 11.8 Å². The van der Waals surface area contributed by atoms with Crippen molar-refractivity contribution in [2.24, 2.45) is 0 Å². The minimum Gasteiger partial charge on any atom is -0.463 e. The third kappa shape index (κ3) is 3.29. The molecule has 0 aliphatic carbocycles. The lowest BCUT2D eigenvalue weighted by molar-refractivity contribution is 0.0562. The number of halogens is 1. The van der Waals surface area contributed by atoms with Crippen LogP contribution < -0.4 is 5.32 Å². The van der Waals surface area contributed by atoms with E-state index in [2.05, 4.69) is 26.0 Å². The lowest BCUT2D eigenvalue weighted by Crippen LogP contribution is -2.21. The largest absolute Gasteiger partial charge is 0.463 e. The number of nitrogens with one attached hydrogen (secondary N) is 1. The van der Waals surface area contributed by atoms with Crippen LogP contribution in [0.1, 0.15) is 34.8 Å². The predicted octanol–water partition coefficient (Wildman–Crippen LogP) is 3.53. The molecule has 1 N–H and O–H groups in total. The zero-order valence-electron chi connectivity index (χ0n) is 11.4. The van der Waals surface area contributed by atoms with Crippen molar-refractivity contribution in [1.29, 1.82) is 0 Å². The monoisotopic (exact) mass is 337 g/mol. The Morgan fingerprint density at radius 2 is 2.20 bits per heavy atom. The van der Waals surface area contributed by atoms with E-state index < -0.39 is 5.97 Å². The van der Waals surface area contributed by atoms with Crippen LogP contribution in [0.15, 0.2) is 45.3 Å². The molecule has 4 nitrogen and oxygen atoms in total. The van der Waals surface area contributed by atoms with Crippen molar-refractivity contribution in [3.05, 3.63) is 58.0 Å². The highest BCUT2D eigenvalue weighted by atomic mass is 79.9. The molecule has 1 aromatic carbocycles. The number of carbonyl (C=O) groups is 1. The fourth-order valence-electron chi connectivity index (χ4n) is 1.99. The van der Waals surface area contributed by atoms with E-state index in [1.54, 1.807) is 12.1 Å². The highest BCUT2D eigenvalue weighted by molar-refractivity contribution is 9.10. The minimum absolute atomic E-state index is 0.101. The molecule has 20 heavy (non-hydrogen) atoms. The molecule has 1 atom stereocenters. The first kappa shape index (κ1) is 14.8. The Hall–Kier alpha value is -1.59. The van der Waals surface area contributed by atoms with Gasteiger partial charge < -0.3 is 14.5 Å². The van der Waals surface area contributed by atoms with Gasteiger partial charge in [-0.05, 0) is 36.4 Å². The first-order chi connectivity index (χ1) is 9.65. The molecule has 106 valence electrons. The van der Waals surface area contributed by atoms with E-state index in [0.717, 1.165) is 16.6 Å². The van der Waals surface area contributed by atoms with Gasteiger partial charge in [-0.1, -0.05) is 35.0 Å². The van der Waals surface area contributed by atoms with E-state index in [1.807, 2.05) is 31.2 Å². The highest BCUT2D eigenvalue weighted by Crippen LogP contribution is 2.26. The molecule has 0 radical (unpaired) electrons. The molecule has 0 aliphatic heterocycles. The quantitative estimate of drug-likeness (QED) is 0.848. The molecule has 2 rings (SSSR count). The van der Waals surface area contributed by atoms with E-state index in [0.29, 0.717) is 5.76 Å². The third-order valence-corrected chi connectivity index (χ3v) is 3.38. The van der Waals surface area contributed by atoms with Gasteiger partial charge in [0, 0.05) is 4.47 Å². The number of rotatable bonds is 5. The first-order valence-corrected chi connectivity index (χ1v) is 7.12. The van der Waals surface area contributed by atoms with E-state index in [9.17, 15) is 4.79 Å². The summed E-state index contributed by atoms with van der Waals surface area (Å²) >= 11 is 3.46. The van der Waals surface area contributed by atoms with Gasteiger partial charge in [0.05, 0.1) is 13.2 Å². The lowest BCUT2D eigenvalue weighted by Gasteiger charge is -2.16. The van der Waals surface area contributed by atoms with E-state index >= 15 is 0 Å². The Kier molecular flexibility index (Phi) is 4.98. The van der Waals surface area contributed by atoms with Crippen molar-refractivity contribution in [2.45, 2.75) is 13.0 Å². The number of methoxy groups -OCH3 is 1. The van der Waals surface area contributed by atoms with Crippen molar-refractivity contribution in [3.63, 3.8) is 0 Å². The molecule has 0 saturated heterocycles. The van der Waals surface area contributed by atoms with Crippen LogP contribution in [0.3, 0.4) is 0 Å². The van der Waals surface area contributed by atoms with Crippen LogP contribution in [0, 0.1) is 0 Å². The van der Waals surface area contributed by atoms with Gasteiger partial charge in [0.25, 0.3) is 0 Å². The molecular weight excluding hydrogens is 322 g/mol. The number of hydrogen-bond acceptors (Lipinski definition) is 4. The summed E-state index contributed by atoms with van der Waals surface area (Å²) in [5.41, 5.74) is 1.06. The van der Waals surface area contributed by atoms with Gasteiger partial charge in [-0.25, -0.2) is 4.79 Å². The topological polar surface area (TPSA) is 51.5 Å². The Morgan fingerprint density at radius 3 is 2.85 bits per heavy atom. The van der Waals surface area contributed by atoms with E-state index in [4.69, 9.17) is 4.42 Å². The van der Waals surface area contributed by atoms with E-state index in [1.165, 1.54) is 7.11 Å². The molecule has 0 fully saturated rings. The summed E-state index contributed by atoms with van der Waals surface area (Å²) in [6, 6.07) is 11.3. The van der Waals surface area contributed by atoms with Crippen LogP contribution >= 0.6 is 15.9 Å². The number of furan rings is 1. The normalized spacial score (nSPS) is 12.2. The summed E-state index contributed by atoms with van der Waals surface area (Å²) in [5, 5.41) is 3.35. The van der Waals surface area contributed by atoms with Crippen LogP contribution in [0.25, 0.3) is 0 Å². The maximum Gasteiger partial charge on any atom is 0.373 e. The Balaban J connectivity index is 2.33. The van der Waals surface area contributed by atoms with Gasteiger partial charge in [-0.15, -0.1) is 0 Å². The Labute approximate surface area is 126 Å². The number of ether oxygens (including phenoxy) is 1. The summed E-state index contributed by atoms with van der Waals surface area (Å²) < 4.78 is 11.2. The maximum atomic E-state index is 11.5. The van der Waals surface area contributed by atoms with Gasteiger partial charge in [0.15, 0.2) is 0 Å². The molecule has 5 heteroatoms. The number of benzene rings is 1. The Morgan fingerprint density at radius 1 is 1.40 bits per heavy atom. The molecule has 0 bridgehead atoms. The smallest absolute Gasteiger partial charge is 0.373 e. The highest BCUT2D eigenvalue weighted by Gasteiger charge is 2.19. The maximum absolute atomic E-state index is 11.5. The summed E-state index contributed by atoms with van der Waals surface area (Å²) in [6.07, 6.45) is 0. The van der Waals surface area contributed by atoms with Gasteiger partial charge in [-0.2, -0.15) is 0 Å². The average Bonchev–Trinajstić information content (AvgIpc) is 2.93. The fourth-order valence-corrected chi connectivity index (χ4v) is 2.41. The molecular formula is C15H16BrNO3. The summed E-state index contributed by atoms with van der Waals surface area (Å²) in [7, 11) is 1.33. The zero-order chi connectivity index (χ0) is 14.5. The fraction of sp³-hybridized carbons (Fsp3) is 0.267. The summed E-state index contributed by atoms with van der Waals surface area (Å²) in [6.45, 7) is 2.81. The molecule has 0 amide bonds. The molecule has 1 heterocycles. The summed E-state index contributed by atoms with van der Waals surface area (Å²) in [4.78, 5) is 11.5. The van der Waals surface area contributed by atoms with Crippen LogP contribution in [0.2, 0.25) is 0 Å². The van der Waals surface area contributed by atoms with Gasteiger partial charge in [-0.3, -0.25) is 0 Å². The number of hydrogen-bond donors (Lipinski definition) is 1. The Bertz CT molecular complexity index is 594. The third-order valence-electron chi connectivity index (χ3n) is 2.89. The molecule has 1 unspecified atom stereocenters. The standard InChI is InChI=1S/C15H16BrNO3/c1-3-17-14(10-5-4-6-11(16)9-10)12-7-8-13(20-12)15(18)19-2/h4-9,14,17H,3H2,1-2H3.